The van der Waals surface area contributed by atoms with E-state index < -0.39 is 0 Å². The standard InChI is InChI=1S/C9H13ClN2O/c10-7-2-1-6(5-13)8(3-7)9(12)4-11/h1-3,9,13H,4-5,11-12H2/t9-/m1/s1. The van der Waals surface area contributed by atoms with Crippen LogP contribution in [0.25, 0.3) is 0 Å². The van der Waals surface area contributed by atoms with Crippen LogP contribution < -0.4 is 11.5 Å². The van der Waals surface area contributed by atoms with Gasteiger partial charge in [0.25, 0.3) is 0 Å². The van der Waals surface area contributed by atoms with Crippen LogP contribution in [0.15, 0.2) is 18.2 Å². The van der Waals surface area contributed by atoms with Crippen LogP contribution in [0.3, 0.4) is 0 Å². The minimum Gasteiger partial charge on any atom is -0.392 e. The molecule has 0 aliphatic heterocycles. The van der Waals surface area contributed by atoms with E-state index in [9.17, 15) is 0 Å². The molecule has 0 spiro atoms. The zero-order valence-corrected chi connectivity index (χ0v) is 7.96. The number of hydrogen-bond acceptors (Lipinski definition) is 3. The first-order valence-corrected chi connectivity index (χ1v) is 4.41. The van der Waals surface area contributed by atoms with Gasteiger partial charge in [0.2, 0.25) is 0 Å². The molecule has 1 aromatic carbocycles. The molecule has 0 bridgehead atoms. The minimum atomic E-state index is -0.263. The lowest BCUT2D eigenvalue weighted by Gasteiger charge is -2.13. The van der Waals surface area contributed by atoms with E-state index in [1.165, 1.54) is 0 Å². The fraction of sp³-hybridized carbons (Fsp3) is 0.333. The summed E-state index contributed by atoms with van der Waals surface area (Å²) in [6.45, 7) is 0.299. The predicted octanol–water partition coefficient (Wildman–Crippen LogP) is 0.791. The van der Waals surface area contributed by atoms with E-state index >= 15 is 0 Å². The van der Waals surface area contributed by atoms with Gasteiger partial charge in [0.1, 0.15) is 0 Å². The smallest absolute Gasteiger partial charge is 0.0685 e. The van der Waals surface area contributed by atoms with Crippen molar-refractivity contribution in [1.82, 2.24) is 0 Å². The lowest BCUT2D eigenvalue weighted by molar-refractivity contribution is 0.280. The fourth-order valence-electron chi connectivity index (χ4n) is 1.18. The van der Waals surface area contributed by atoms with Crippen molar-refractivity contribution in [2.45, 2.75) is 12.6 Å². The van der Waals surface area contributed by atoms with E-state index in [0.717, 1.165) is 11.1 Å². The highest BCUT2D eigenvalue weighted by Crippen LogP contribution is 2.20. The van der Waals surface area contributed by atoms with Gasteiger partial charge in [0.05, 0.1) is 6.61 Å². The third-order valence-electron chi connectivity index (χ3n) is 1.93. The number of aliphatic hydroxyl groups excluding tert-OH is 1. The molecule has 4 heteroatoms. The summed E-state index contributed by atoms with van der Waals surface area (Å²) in [5, 5.41) is 9.62. The second kappa shape index (κ2) is 4.58. The molecule has 0 amide bonds. The quantitative estimate of drug-likeness (QED) is 0.676. The Hall–Kier alpha value is -0.610. The molecule has 0 radical (unpaired) electrons. The van der Waals surface area contributed by atoms with E-state index in [0.29, 0.717) is 11.6 Å². The second-order valence-corrected chi connectivity index (χ2v) is 3.28. The Balaban J connectivity index is 3.07. The predicted molar refractivity (Wildman–Crippen MR) is 53.4 cm³/mol. The fourth-order valence-corrected chi connectivity index (χ4v) is 1.36. The average Bonchev–Trinajstić information content (AvgIpc) is 2.16. The lowest BCUT2D eigenvalue weighted by atomic mass is 10.0. The molecular formula is C9H13ClN2O. The van der Waals surface area contributed by atoms with Crippen LogP contribution in [0.4, 0.5) is 0 Å². The van der Waals surface area contributed by atoms with E-state index in [2.05, 4.69) is 0 Å². The number of aliphatic hydroxyl groups is 1. The molecule has 72 valence electrons. The van der Waals surface area contributed by atoms with Gasteiger partial charge >= 0.3 is 0 Å². The Bertz CT molecular complexity index is 291. The third-order valence-corrected chi connectivity index (χ3v) is 2.17. The molecule has 1 aromatic rings. The van der Waals surface area contributed by atoms with Crippen molar-refractivity contribution >= 4 is 11.6 Å². The zero-order chi connectivity index (χ0) is 9.84. The van der Waals surface area contributed by atoms with Crippen molar-refractivity contribution in [2.75, 3.05) is 6.54 Å². The largest absolute Gasteiger partial charge is 0.392 e. The van der Waals surface area contributed by atoms with Gasteiger partial charge in [-0.1, -0.05) is 17.7 Å². The number of rotatable bonds is 3. The number of nitrogens with two attached hydrogens (primary N) is 2. The van der Waals surface area contributed by atoms with Crippen molar-refractivity contribution in [3.63, 3.8) is 0 Å². The number of benzene rings is 1. The summed E-state index contributed by atoms with van der Waals surface area (Å²) in [4.78, 5) is 0. The Morgan fingerprint density at radius 3 is 2.69 bits per heavy atom. The van der Waals surface area contributed by atoms with Gasteiger partial charge in [-0.05, 0) is 23.3 Å². The van der Waals surface area contributed by atoms with Gasteiger partial charge in [-0.15, -0.1) is 0 Å². The molecule has 5 N–H and O–H groups in total. The van der Waals surface area contributed by atoms with Crippen LogP contribution >= 0.6 is 11.6 Å². The first-order chi connectivity index (χ1) is 6.19. The van der Waals surface area contributed by atoms with Crippen LogP contribution in [-0.2, 0) is 6.61 Å². The molecule has 0 aliphatic rings. The van der Waals surface area contributed by atoms with Crippen molar-refractivity contribution in [3.05, 3.63) is 34.3 Å². The van der Waals surface area contributed by atoms with Crippen LogP contribution in [0, 0.1) is 0 Å². The summed E-state index contributed by atoms with van der Waals surface area (Å²) >= 11 is 5.80. The summed E-state index contributed by atoms with van der Waals surface area (Å²) in [5.74, 6) is 0. The highest BCUT2D eigenvalue weighted by atomic mass is 35.5. The van der Waals surface area contributed by atoms with Crippen LogP contribution in [0.5, 0.6) is 0 Å². The molecule has 13 heavy (non-hydrogen) atoms. The monoisotopic (exact) mass is 200 g/mol. The Labute approximate surface area is 82.3 Å². The molecule has 0 saturated carbocycles. The minimum absolute atomic E-state index is 0.0415. The maximum atomic E-state index is 9.01. The van der Waals surface area contributed by atoms with Crippen LogP contribution in [0.1, 0.15) is 17.2 Å². The van der Waals surface area contributed by atoms with Crippen molar-refractivity contribution in [1.29, 1.82) is 0 Å². The zero-order valence-electron chi connectivity index (χ0n) is 7.20. The molecular weight excluding hydrogens is 188 g/mol. The Morgan fingerprint density at radius 2 is 2.15 bits per heavy atom. The molecule has 3 nitrogen and oxygen atoms in total. The SMILES string of the molecule is NC[C@@H](N)c1cc(Cl)ccc1CO. The molecule has 0 aromatic heterocycles. The van der Waals surface area contributed by atoms with E-state index in [1.54, 1.807) is 18.2 Å². The topological polar surface area (TPSA) is 72.3 Å². The number of halogens is 1. The highest BCUT2D eigenvalue weighted by Gasteiger charge is 2.09. The third kappa shape index (κ3) is 2.42. The molecule has 0 saturated heterocycles. The maximum Gasteiger partial charge on any atom is 0.0685 e. The molecule has 1 atom stereocenters. The number of hydrogen-bond donors (Lipinski definition) is 3. The second-order valence-electron chi connectivity index (χ2n) is 2.84. The molecule has 0 aliphatic carbocycles. The highest BCUT2D eigenvalue weighted by molar-refractivity contribution is 6.30. The van der Waals surface area contributed by atoms with E-state index in [4.69, 9.17) is 28.2 Å². The van der Waals surface area contributed by atoms with Gasteiger partial charge in [-0.3, -0.25) is 0 Å². The summed E-state index contributed by atoms with van der Waals surface area (Å²) in [6, 6.07) is 4.96. The first-order valence-electron chi connectivity index (χ1n) is 4.04. The van der Waals surface area contributed by atoms with Gasteiger partial charge in [-0.25, -0.2) is 0 Å². The molecule has 0 unspecified atom stereocenters. The van der Waals surface area contributed by atoms with Gasteiger partial charge < -0.3 is 16.6 Å². The van der Waals surface area contributed by atoms with Crippen molar-refractivity contribution in [2.24, 2.45) is 11.5 Å². The van der Waals surface area contributed by atoms with Crippen molar-refractivity contribution < 1.29 is 5.11 Å². The summed E-state index contributed by atoms with van der Waals surface area (Å²) < 4.78 is 0. The van der Waals surface area contributed by atoms with Gasteiger partial charge in [0.15, 0.2) is 0 Å². The average molecular weight is 201 g/mol. The van der Waals surface area contributed by atoms with E-state index in [1.807, 2.05) is 0 Å². The molecule has 0 heterocycles. The van der Waals surface area contributed by atoms with Crippen LogP contribution in [0.2, 0.25) is 5.02 Å². The first kappa shape index (κ1) is 10.5. The van der Waals surface area contributed by atoms with Gasteiger partial charge in [-0.2, -0.15) is 0 Å². The Morgan fingerprint density at radius 1 is 1.46 bits per heavy atom. The molecule has 0 fully saturated rings. The van der Waals surface area contributed by atoms with E-state index in [-0.39, 0.29) is 12.6 Å². The lowest BCUT2D eigenvalue weighted by Crippen LogP contribution is -2.22. The maximum absolute atomic E-state index is 9.01. The molecule has 1 rings (SSSR count). The van der Waals surface area contributed by atoms with Crippen LogP contribution in [-0.4, -0.2) is 11.7 Å². The summed E-state index contributed by atoms with van der Waals surface area (Å²) in [5.41, 5.74) is 12.8. The summed E-state index contributed by atoms with van der Waals surface area (Å²) in [6.07, 6.45) is 0. The normalized spacial score (nSPS) is 12.9. The summed E-state index contributed by atoms with van der Waals surface area (Å²) in [7, 11) is 0. The Kier molecular flexibility index (Phi) is 3.69. The van der Waals surface area contributed by atoms with Gasteiger partial charge in [0, 0.05) is 17.6 Å². The van der Waals surface area contributed by atoms with Crippen molar-refractivity contribution in [3.8, 4) is 0 Å².